The number of halogens is 3. The molecule has 0 aliphatic rings. The van der Waals surface area contributed by atoms with E-state index >= 15 is 0 Å². The lowest BCUT2D eigenvalue weighted by atomic mass is 10.1. The predicted octanol–water partition coefficient (Wildman–Crippen LogP) is 2.70. The number of nitrogens with one attached hydrogen (secondary N) is 1. The Bertz CT molecular complexity index is 1030. The fraction of sp³-hybridized carbons (Fsp3) is 0.167. The van der Waals surface area contributed by atoms with Crippen molar-refractivity contribution in [2.75, 3.05) is 12.1 Å². The quantitative estimate of drug-likeness (QED) is 0.521. The topological polar surface area (TPSA) is 88.8 Å². The second-order valence-electron chi connectivity index (χ2n) is 6.05. The van der Waals surface area contributed by atoms with Crippen molar-refractivity contribution in [2.45, 2.75) is 13.1 Å². The molecule has 0 unspecified atom stereocenters. The molecule has 1 amide bonds. The SMILES string of the molecule is Cc1cc(-c2ncn(/C=C\C(=O)NN(C)c3cnccn3)n2)cc(C(F)(F)F)c1. The van der Waals surface area contributed by atoms with Crippen molar-refractivity contribution in [1.82, 2.24) is 30.2 Å². The minimum Gasteiger partial charge on any atom is -0.270 e. The monoisotopic (exact) mass is 403 g/mol. The van der Waals surface area contributed by atoms with Gasteiger partial charge in [0, 0.05) is 37.3 Å². The number of amides is 1. The van der Waals surface area contributed by atoms with Gasteiger partial charge in [-0.05, 0) is 30.7 Å². The van der Waals surface area contributed by atoms with E-state index in [1.54, 1.807) is 20.0 Å². The minimum atomic E-state index is -4.46. The van der Waals surface area contributed by atoms with Crippen molar-refractivity contribution in [3.63, 3.8) is 0 Å². The lowest BCUT2D eigenvalue weighted by Crippen LogP contribution is -2.38. The number of nitrogens with zero attached hydrogens (tertiary/aromatic N) is 6. The molecule has 0 aliphatic carbocycles. The van der Waals surface area contributed by atoms with Gasteiger partial charge in [0.05, 0.1) is 11.8 Å². The summed E-state index contributed by atoms with van der Waals surface area (Å²) in [6.45, 7) is 1.56. The van der Waals surface area contributed by atoms with Crippen LogP contribution in [0.15, 0.2) is 49.2 Å². The van der Waals surface area contributed by atoms with E-state index in [2.05, 4.69) is 25.5 Å². The maximum atomic E-state index is 13.0. The van der Waals surface area contributed by atoms with Crippen LogP contribution >= 0.6 is 0 Å². The molecule has 0 radical (unpaired) electrons. The van der Waals surface area contributed by atoms with Gasteiger partial charge in [-0.15, -0.1) is 5.10 Å². The zero-order valence-electron chi connectivity index (χ0n) is 15.4. The first-order chi connectivity index (χ1) is 13.7. The number of aryl methyl sites for hydroxylation is 1. The van der Waals surface area contributed by atoms with Gasteiger partial charge < -0.3 is 0 Å². The van der Waals surface area contributed by atoms with Crippen LogP contribution < -0.4 is 10.4 Å². The summed E-state index contributed by atoms with van der Waals surface area (Å²) in [7, 11) is 1.60. The molecule has 0 saturated heterocycles. The van der Waals surface area contributed by atoms with E-state index in [0.717, 1.165) is 12.1 Å². The standard InChI is InChI=1S/C18H16F3N7O/c1-12-7-13(9-14(8-12)18(19,20)21)17-24-11-28(26-17)6-3-16(29)25-27(2)15-10-22-4-5-23-15/h3-11H,1-2H3,(H,25,29)/b6-3-. The number of aromatic nitrogens is 5. The lowest BCUT2D eigenvalue weighted by molar-refractivity contribution is -0.137. The van der Waals surface area contributed by atoms with E-state index in [0.29, 0.717) is 11.4 Å². The van der Waals surface area contributed by atoms with Crippen molar-refractivity contribution < 1.29 is 18.0 Å². The first-order valence-corrected chi connectivity index (χ1v) is 8.31. The molecule has 29 heavy (non-hydrogen) atoms. The van der Waals surface area contributed by atoms with Gasteiger partial charge in [0.2, 0.25) is 0 Å². The summed E-state index contributed by atoms with van der Waals surface area (Å²) in [6.07, 6.45) is 3.83. The van der Waals surface area contributed by atoms with Crippen LogP contribution in [0.25, 0.3) is 17.6 Å². The molecule has 2 aromatic heterocycles. The third-order valence-electron chi connectivity index (χ3n) is 3.72. The van der Waals surface area contributed by atoms with Gasteiger partial charge in [0.15, 0.2) is 11.6 Å². The van der Waals surface area contributed by atoms with Gasteiger partial charge in [-0.1, -0.05) is 0 Å². The average Bonchev–Trinajstić information content (AvgIpc) is 3.15. The summed E-state index contributed by atoms with van der Waals surface area (Å²) in [5.41, 5.74) is 2.45. The number of benzene rings is 1. The third-order valence-corrected chi connectivity index (χ3v) is 3.72. The van der Waals surface area contributed by atoms with Gasteiger partial charge in [0.25, 0.3) is 5.91 Å². The Labute approximate surface area is 163 Å². The number of carbonyl (C=O) groups is 1. The van der Waals surface area contributed by atoms with Gasteiger partial charge in [-0.2, -0.15) is 13.2 Å². The van der Waals surface area contributed by atoms with E-state index < -0.39 is 17.6 Å². The molecule has 1 N–H and O–H groups in total. The van der Waals surface area contributed by atoms with Gasteiger partial charge in [-0.25, -0.2) is 14.6 Å². The molecule has 0 aliphatic heterocycles. The summed E-state index contributed by atoms with van der Waals surface area (Å²) < 4.78 is 40.2. The minimum absolute atomic E-state index is 0.112. The van der Waals surface area contributed by atoms with Crippen molar-refractivity contribution >= 4 is 17.9 Å². The molecule has 1 aromatic carbocycles. The normalized spacial score (nSPS) is 11.6. The number of carbonyl (C=O) groups excluding carboxylic acids is 1. The van der Waals surface area contributed by atoms with Crippen LogP contribution in [0.3, 0.4) is 0 Å². The predicted molar refractivity (Wildman–Crippen MR) is 99.1 cm³/mol. The first kappa shape index (κ1) is 20.0. The second-order valence-corrected chi connectivity index (χ2v) is 6.05. The Morgan fingerprint density at radius 2 is 2.00 bits per heavy atom. The van der Waals surface area contributed by atoms with Crippen LogP contribution in [0.5, 0.6) is 0 Å². The van der Waals surface area contributed by atoms with Crippen LogP contribution in [-0.4, -0.2) is 37.7 Å². The number of anilines is 1. The second kappa shape index (κ2) is 8.09. The molecule has 3 aromatic rings. The highest BCUT2D eigenvalue weighted by Gasteiger charge is 2.31. The molecule has 150 valence electrons. The number of rotatable bonds is 5. The molecule has 0 fully saturated rings. The zero-order valence-corrected chi connectivity index (χ0v) is 15.4. The molecule has 11 heteroatoms. The highest BCUT2D eigenvalue weighted by molar-refractivity contribution is 5.90. The summed E-state index contributed by atoms with van der Waals surface area (Å²) in [5.74, 6) is 0.0864. The highest BCUT2D eigenvalue weighted by Crippen LogP contribution is 2.32. The fourth-order valence-electron chi connectivity index (χ4n) is 2.42. The van der Waals surface area contributed by atoms with Gasteiger partial charge in [-0.3, -0.25) is 20.2 Å². The summed E-state index contributed by atoms with van der Waals surface area (Å²) in [4.78, 5) is 23.9. The van der Waals surface area contributed by atoms with Crippen LogP contribution in [0.4, 0.5) is 19.0 Å². The lowest BCUT2D eigenvalue weighted by Gasteiger charge is -2.17. The van der Waals surface area contributed by atoms with Crippen LogP contribution in [0.1, 0.15) is 11.1 Å². The summed E-state index contributed by atoms with van der Waals surface area (Å²) in [5, 5.41) is 5.48. The summed E-state index contributed by atoms with van der Waals surface area (Å²) >= 11 is 0. The molecule has 3 rings (SSSR count). The maximum absolute atomic E-state index is 13.0. The van der Waals surface area contributed by atoms with Crippen molar-refractivity contribution in [3.8, 4) is 11.4 Å². The Balaban J connectivity index is 1.70. The third kappa shape index (κ3) is 5.15. The fourth-order valence-corrected chi connectivity index (χ4v) is 2.42. The maximum Gasteiger partial charge on any atom is 0.416 e. The number of hydrogen-bond donors (Lipinski definition) is 1. The highest BCUT2D eigenvalue weighted by atomic mass is 19.4. The molecule has 0 saturated carbocycles. The van der Waals surface area contributed by atoms with E-state index in [1.165, 1.54) is 46.9 Å². The molecule has 2 heterocycles. The molecular formula is C18H16F3N7O. The van der Waals surface area contributed by atoms with Crippen LogP contribution in [0, 0.1) is 6.92 Å². The molecule has 8 nitrogen and oxygen atoms in total. The molecule has 0 bridgehead atoms. The van der Waals surface area contributed by atoms with Crippen molar-refractivity contribution in [3.05, 3.63) is 60.3 Å². The smallest absolute Gasteiger partial charge is 0.270 e. The summed E-state index contributed by atoms with van der Waals surface area (Å²) in [6, 6.07) is 3.60. The van der Waals surface area contributed by atoms with Crippen LogP contribution in [-0.2, 0) is 11.0 Å². The van der Waals surface area contributed by atoms with Gasteiger partial charge >= 0.3 is 6.18 Å². The van der Waals surface area contributed by atoms with E-state index in [4.69, 9.17) is 0 Å². The van der Waals surface area contributed by atoms with Crippen molar-refractivity contribution in [1.29, 1.82) is 0 Å². The Kier molecular flexibility index (Phi) is 5.57. The van der Waals surface area contributed by atoms with Crippen molar-refractivity contribution in [2.24, 2.45) is 0 Å². The molecular weight excluding hydrogens is 387 g/mol. The number of hydrazine groups is 1. The Morgan fingerprint density at radius 3 is 2.69 bits per heavy atom. The number of alkyl halides is 3. The van der Waals surface area contributed by atoms with Gasteiger partial charge in [0.1, 0.15) is 6.33 Å². The van der Waals surface area contributed by atoms with E-state index in [9.17, 15) is 18.0 Å². The first-order valence-electron chi connectivity index (χ1n) is 8.31. The Morgan fingerprint density at radius 1 is 1.21 bits per heavy atom. The zero-order chi connectivity index (χ0) is 21.0. The average molecular weight is 403 g/mol. The van der Waals surface area contributed by atoms with Crippen LogP contribution in [0.2, 0.25) is 0 Å². The molecule has 0 spiro atoms. The molecule has 0 atom stereocenters. The Hall–Kier alpha value is -3.76. The van der Waals surface area contributed by atoms with E-state index in [-0.39, 0.29) is 11.4 Å². The number of hydrogen-bond acceptors (Lipinski definition) is 6. The largest absolute Gasteiger partial charge is 0.416 e. The van der Waals surface area contributed by atoms with E-state index in [1.807, 2.05) is 0 Å².